The first-order valence-electron chi connectivity index (χ1n) is 8.02. The van der Waals surface area contributed by atoms with E-state index in [1.54, 1.807) is 19.1 Å². The Bertz CT molecular complexity index is 558. The van der Waals surface area contributed by atoms with E-state index >= 15 is 0 Å². The van der Waals surface area contributed by atoms with Crippen molar-refractivity contribution in [2.75, 3.05) is 11.1 Å². The molecule has 1 aliphatic rings. The molecular weight excluding hydrogens is 282 g/mol. The van der Waals surface area contributed by atoms with Gasteiger partial charge in [-0.1, -0.05) is 32.9 Å². The Balaban J connectivity index is 2.08. The first-order valence-corrected chi connectivity index (χ1v) is 9.67. The molecule has 118 valence electrons. The van der Waals surface area contributed by atoms with Crippen molar-refractivity contribution in [3.05, 3.63) is 24.3 Å². The van der Waals surface area contributed by atoms with E-state index in [0.29, 0.717) is 10.9 Å². The first-order chi connectivity index (χ1) is 9.94. The summed E-state index contributed by atoms with van der Waals surface area (Å²) in [6, 6.07) is 7.69. The standard InChI is InChI=1S/C17H27NO2S/c1-4-21(19,20)17-8-6-5-7-16(17)18-15-11-9-14(10-12-15)13(2)3/h5-8,13-15,18H,4,9-12H2,1-3H3. The maximum absolute atomic E-state index is 12.2. The fourth-order valence-corrected chi connectivity index (χ4v) is 4.22. The minimum atomic E-state index is -3.17. The van der Waals surface area contributed by atoms with Crippen LogP contribution in [0.3, 0.4) is 0 Å². The highest BCUT2D eigenvalue weighted by molar-refractivity contribution is 7.91. The summed E-state index contributed by atoms with van der Waals surface area (Å²) in [4.78, 5) is 0.443. The third-order valence-corrected chi connectivity index (χ3v) is 6.46. The third kappa shape index (κ3) is 4.00. The number of para-hydroxylation sites is 1. The predicted molar refractivity (Wildman–Crippen MR) is 88.4 cm³/mol. The molecule has 0 atom stereocenters. The van der Waals surface area contributed by atoms with Crippen molar-refractivity contribution in [1.29, 1.82) is 0 Å². The van der Waals surface area contributed by atoms with E-state index in [-0.39, 0.29) is 5.75 Å². The summed E-state index contributed by atoms with van der Waals surface area (Å²) in [5.74, 6) is 1.71. The lowest BCUT2D eigenvalue weighted by molar-refractivity contribution is 0.267. The summed E-state index contributed by atoms with van der Waals surface area (Å²) in [5, 5.41) is 3.47. The number of rotatable bonds is 5. The highest BCUT2D eigenvalue weighted by Crippen LogP contribution is 2.32. The van der Waals surface area contributed by atoms with E-state index in [0.717, 1.165) is 30.4 Å². The molecule has 3 nitrogen and oxygen atoms in total. The van der Waals surface area contributed by atoms with Gasteiger partial charge >= 0.3 is 0 Å². The molecule has 0 aromatic heterocycles. The van der Waals surface area contributed by atoms with Crippen molar-refractivity contribution in [2.24, 2.45) is 11.8 Å². The summed E-state index contributed by atoms with van der Waals surface area (Å²) >= 11 is 0. The Labute approximate surface area is 129 Å². The lowest BCUT2D eigenvalue weighted by atomic mass is 9.79. The minimum Gasteiger partial charge on any atom is -0.381 e. The molecule has 21 heavy (non-hydrogen) atoms. The molecule has 0 radical (unpaired) electrons. The van der Waals surface area contributed by atoms with E-state index in [2.05, 4.69) is 19.2 Å². The van der Waals surface area contributed by atoms with E-state index < -0.39 is 9.84 Å². The monoisotopic (exact) mass is 309 g/mol. The van der Waals surface area contributed by atoms with Gasteiger partial charge in [-0.05, 0) is 49.7 Å². The lowest BCUT2D eigenvalue weighted by Crippen LogP contribution is -2.28. The SMILES string of the molecule is CCS(=O)(=O)c1ccccc1NC1CCC(C(C)C)CC1. The van der Waals surface area contributed by atoms with E-state index in [1.807, 2.05) is 12.1 Å². The number of hydrogen-bond acceptors (Lipinski definition) is 3. The molecule has 1 fully saturated rings. The average molecular weight is 309 g/mol. The van der Waals surface area contributed by atoms with Crippen LogP contribution in [0.1, 0.15) is 46.5 Å². The topological polar surface area (TPSA) is 46.2 Å². The maximum Gasteiger partial charge on any atom is 0.180 e. The van der Waals surface area contributed by atoms with Gasteiger partial charge in [0.15, 0.2) is 9.84 Å². The van der Waals surface area contributed by atoms with Gasteiger partial charge in [-0.15, -0.1) is 0 Å². The van der Waals surface area contributed by atoms with Gasteiger partial charge in [-0.3, -0.25) is 0 Å². The van der Waals surface area contributed by atoms with Crippen LogP contribution in [0.25, 0.3) is 0 Å². The zero-order valence-electron chi connectivity index (χ0n) is 13.3. The summed E-state index contributed by atoms with van der Waals surface area (Å²) in [7, 11) is -3.17. The fraction of sp³-hybridized carbons (Fsp3) is 0.647. The smallest absolute Gasteiger partial charge is 0.180 e. The Morgan fingerprint density at radius 1 is 1.14 bits per heavy atom. The number of nitrogens with one attached hydrogen (secondary N) is 1. The van der Waals surface area contributed by atoms with Gasteiger partial charge in [-0.2, -0.15) is 0 Å². The Hall–Kier alpha value is -1.03. The second kappa shape index (κ2) is 6.82. The Morgan fingerprint density at radius 3 is 2.33 bits per heavy atom. The van der Waals surface area contributed by atoms with Crippen LogP contribution in [0.15, 0.2) is 29.2 Å². The molecule has 1 N–H and O–H groups in total. The summed E-state index contributed by atoms with van der Waals surface area (Å²) < 4.78 is 24.3. The van der Waals surface area contributed by atoms with Gasteiger partial charge in [0.1, 0.15) is 0 Å². The second-order valence-electron chi connectivity index (χ2n) is 6.40. The van der Waals surface area contributed by atoms with Crippen LogP contribution in [0, 0.1) is 11.8 Å². The number of hydrogen-bond donors (Lipinski definition) is 1. The van der Waals surface area contributed by atoms with Crippen LogP contribution in [0.5, 0.6) is 0 Å². The average Bonchev–Trinajstić information content (AvgIpc) is 2.48. The fourth-order valence-electron chi connectivity index (χ4n) is 3.16. The van der Waals surface area contributed by atoms with Gasteiger partial charge < -0.3 is 5.32 Å². The highest BCUT2D eigenvalue weighted by atomic mass is 32.2. The van der Waals surface area contributed by atoms with Crippen molar-refractivity contribution in [2.45, 2.75) is 57.4 Å². The van der Waals surface area contributed by atoms with Crippen molar-refractivity contribution < 1.29 is 8.42 Å². The maximum atomic E-state index is 12.2. The molecule has 1 aromatic rings. The molecule has 0 unspecified atom stereocenters. The number of anilines is 1. The molecule has 1 aromatic carbocycles. The van der Waals surface area contributed by atoms with Crippen LogP contribution in [-0.4, -0.2) is 20.2 Å². The zero-order valence-corrected chi connectivity index (χ0v) is 14.1. The molecule has 0 bridgehead atoms. The van der Waals surface area contributed by atoms with E-state index in [4.69, 9.17) is 0 Å². The van der Waals surface area contributed by atoms with Gasteiger partial charge in [0.05, 0.1) is 16.3 Å². The van der Waals surface area contributed by atoms with Gasteiger partial charge in [0.2, 0.25) is 0 Å². The van der Waals surface area contributed by atoms with Crippen molar-refractivity contribution in [3.63, 3.8) is 0 Å². The van der Waals surface area contributed by atoms with Crippen molar-refractivity contribution in [1.82, 2.24) is 0 Å². The van der Waals surface area contributed by atoms with Crippen molar-refractivity contribution >= 4 is 15.5 Å². The quantitative estimate of drug-likeness (QED) is 0.890. The minimum absolute atomic E-state index is 0.145. The zero-order chi connectivity index (χ0) is 15.5. The molecule has 2 rings (SSSR count). The normalized spacial score (nSPS) is 23.2. The second-order valence-corrected chi connectivity index (χ2v) is 8.65. The van der Waals surface area contributed by atoms with Crippen LogP contribution < -0.4 is 5.32 Å². The lowest BCUT2D eigenvalue weighted by Gasteiger charge is -2.32. The van der Waals surface area contributed by atoms with Gasteiger partial charge in [-0.25, -0.2) is 8.42 Å². The van der Waals surface area contributed by atoms with E-state index in [1.165, 1.54) is 12.8 Å². The van der Waals surface area contributed by atoms with Crippen LogP contribution >= 0.6 is 0 Å². The summed E-state index contributed by atoms with van der Waals surface area (Å²) in [6.45, 7) is 6.28. The number of benzene rings is 1. The predicted octanol–water partition coefficient (Wildman–Crippen LogP) is 4.11. The summed E-state index contributed by atoms with van der Waals surface area (Å²) in [5.41, 5.74) is 0.771. The Kier molecular flexibility index (Phi) is 5.31. The van der Waals surface area contributed by atoms with Crippen LogP contribution in [0.2, 0.25) is 0 Å². The van der Waals surface area contributed by atoms with Crippen LogP contribution in [0.4, 0.5) is 5.69 Å². The largest absolute Gasteiger partial charge is 0.381 e. The molecule has 0 amide bonds. The summed E-state index contributed by atoms with van der Waals surface area (Å²) in [6.07, 6.45) is 4.72. The first kappa shape index (κ1) is 16.3. The molecule has 1 aliphatic carbocycles. The number of sulfone groups is 1. The molecular formula is C17H27NO2S. The van der Waals surface area contributed by atoms with E-state index in [9.17, 15) is 8.42 Å². The molecule has 0 aliphatic heterocycles. The Morgan fingerprint density at radius 2 is 1.76 bits per heavy atom. The molecule has 4 heteroatoms. The molecule has 0 spiro atoms. The molecule has 1 saturated carbocycles. The molecule has 0 heterocycles. The highest BCUT2D eigenvalue weighted by Gasteiger charge is 2.24. The van der Waals surface area contributed by atoms with Crippen LogP contribution in [-0.2, 0) is 9.84 Å². The van der Waals surface area contributed by atoms with Gasteiger partial charge in [0.25, 0.3) is 0 Å². The van der Waals surface area contributed by atoms with Crippen molar-refractivity contribution in [3.8, 4) is 0 Å². The van der Waals surface area contributed by atoms with Gasteiger partial charge in [0, 0.05) is 6.04 Å². The molecule has 0 saturated heterocycles. The third-order valence-electron chi connectivity index (χ3n) is 4.68.